The highest BCUT2D eigenvalue weighted by atomic mass is 16.5. The lowest BCUT2D eigenvalue weighted by Gasteiger charge is -2.39. The lowest BCUT2D eigenvalue weighted by molar-refractivity contribution is -0.120. The summed E-state index contributed by atoms with van der Waals surface area (Å²) in [5.41, 5.74) is 1.03. The summed E-state index contributed by atoms with van der Waals surface area (Å²) in [6.07, 6.45) is 11.6. The third-order valence-electron chi connectivity index (χ3n) is 8.71. The molecule has 4 rings (SSSR count). The summed E-state index contributed by atoms with van der Waals surface area (Å²) >= 11 is 0. The Bertz CT molecular complexity index is 910. The molecule has 2 fully saturated rings. The maximum Gasteiger partial charge on any atom is 0.258 e. The van der Waals surface area contributed by atoms with Crippen molar-refractivity contribution in [2.24, 2.45) is 17.8 Å². The van der Waals surface area contributed by atoms with Crippen LogP contribution in [0.4, 0.5) is 5.69 Å². The van der Waals surface area contributed by atoms with Crippen molar-refractivity contribution < 1.29 is 19.4 Å². The fourth-order valence-corrected chi connectivity index (χ4v) is 6.35. The number of likely N-dealkylation sites (N-methyl/N-ethyl adjacent to an activating group) is 1. The first kappa shape index (κ1) is 27.9. The van der Waals surface area contributed by atoms with Gasteiger partial charge in [0.05, 0.1) is 23.9 Å². The van der Waals surface area contributed by atoms with Crippen LogP contribution in [0, 0.1) is 17.8 Å². The number of aliphatic hydroxyl groups excluding tert-OH is 1. The Kier molecular flexibility index (Phi) is 9.88. The highest BCUT2D eigenvalue weighted by molar-refractivity contribution is 6.02. The van der Waals surface area contributed by atoms with Crippen molar-refractivity contribution in [3.8, 4) is 5.75 Å². The Labute approximate surface area is 222 Å². The van der Waals surface area contributed by atoms with Gasteiger partial charge in [0.15, 0.2) is 5.75 Å². The van der Waals surface area contributed by atoms with Crippen LogP contribution in [0.15, 0.2) is 18.2 Å². The minimum Gasteiger partial charge on any atom is -0.486 e. The van der Waals surface area contributed by atoms with Gasteiger partial charge in [-0.1, -0.05) is 51.5 Å². The van der Waals surface area contributed by atoms with Crippen LogP contribution in [-0.2, 0) is 4.79 Å². The monoisotopic (exact) mass is 513 g/mol. The number of hydrogen-bond acceptors (Lipinski definition) is 5. The van der Waals surface area contributed by atoms with Crippen molar-refractivity contribution in [3.05, 3.63) is 23.8 Å². The van der Waals surface area contributed by atoms with Crippen molar-refractivity contribution in [1.29, 1.82) is 0 Å². The van der Waals surface area contributed by atoms with Gasteiger partial charge in [0.2, 0.25) is 5.91 Å². The molecule has 1 aromatic carbocycles. The zero-order valence-electron chi connectivity index (χ0n) is 23.1. The van der Waals surface area contributed by atoms with E-state index in [0.717, 1.165) is 44.7 Å². The molecule has 3 atom stereocenters. The maximum absolute atomic E-state index is 13.7. The van der Waals surface area contributed by atoms with Crippen LogP contribution >= 0.6 is 0 Å². The number of carbonyl (C=O) groups is 2. The van der Waals surface area contributed by atoms with Crippen LogP contribution in [0.5, 0.6) is 5.75 Å². The van der Waals surface area contributed by atoms with Gasteiger partial charge in [0, 0.05) is 31.5 Å². The number of amides is 2. The van der Waals surface area contributed by atoms with Gasteiger partial charge in [-0.3, -0.25) is 9.59 Å². The lowest BCUT2D eigenvalue weighted by atomic mass is 9.88. The SMILES string of the molecule is C[C@H](CO)N1C[C@H](C)[C@H](CN(C)CC2CCCCC2)Oc2c(NC(=O)C3CCCCC3)cccc2C1=O. The highest BCUT2D eigenvalue weighted by Gasteiger charge is 2.35. The molecule has 1 aliphatic heterocycles. The Morgan fingerprint density at radius 2 is 1.78 bits per heavy atom. The van der Waals surface area contributed by atoms with Gasteiger partial charge in [-0.25, -0.2) is 0 Å². The molecule has 3 aliphatic rings. The fraction of sp³-hybridized carbons (Fsp3) is 0.733. The van der Waals surface area contributed by atoms with Gasteiger partial charge in [-0.15, -0.1) is 0 Å². The van der Waals surface area contributed by atoms with E-state index in [2.05, 4.69) is 24.2 Å². The largest absolute Gasteiger partial charge is 0.486 e. The van der Waals surface area contributed by atoms with E-state index in [1.165, 1.54) is 38.5 Å². The van der Waals surface area contributed by atoms with E-state index >= 15 is 0 Å². The van der Waals surface area contributed by atoms with Crippen LogP contribution < -0.4 is 10.1 Å². The van der Waals surface area contributed by atoms with Crippen molar-refractivity contribution in [2.75, 3.05) is 38.6 Å². The number of nitrogens with one attached hydrogen (secondary N) is 1. The number of rotatable bonds is 8. The molecule has 7 nitrogen and oxygen atoms in total. The molecule has 0 aromatic heterocycles. The van der Waals surface area contributed by atoms with Crippen LogP contribution in [0.3, 0.4) is 0 Å². The lowest BCUT2D eigenvalue weighted by Crippen LogP contribution is -2.50. The van der Waals surface area contributed by atoms with E-state index in [0.29, 0.717) is 23.5 Å². The number of fused-ring (bicyclic) bond motifs is 1. The van der Waals surface area contributed by atoms with Crippen LogP contribution in [0.1, 0.15) is 88.4 Å². The minimum atomic E-state index is -0.304. The Balaban J connectivity index is 1.60. The normalized spacial score (nSPS) is 24.7. The summed E-state index contributed by atoms with van der Waals surface area (Å²) in [5, 5.41) is 13.0. The first-order chi connectivity index (χ1) is 17.9. The molecule has 0 unspecified atom stereocenters. The molecular weight excluding hydrogens is 466 g/mol. The van der Waals surface area contributed by atoms with Gasteiger partial charge in [0.25, 0.3) is 5.91 Å². The van der Waals surface area contributed by atoms with Gasteiger partial charge in [-0.05, 0) is 57.7 Å². The number of carbonyl (C=O) groups excluding carboxylic acids is 2. The van der Waals surface area contributed by atoms with Crippen molar-refractivity contribution in [3.63, 3.8) is 0 Å². The Morgan fingerprint density at radius 1 is 1.11 bits per heavy atom. The molecule has 206 valence electrons. The van der Waals surface area contributed by atoms with E-state index in [4.69, 9.17) is 4.74 Å². The van der Waals surface area contributed by atoms with E-state index < -0.39 is 0 Å². The molecule has 1 aromatic rings. The number of hydrogen-bond donors (Lipinski definition) is 2. The third kappa shape index (κ3) is 7.05. The summed E-state index contributed by atoms with van der Waals surface area (Å²) < 4.78 is 6.69. The molecule has 0 saturated heterocycles. The number of para-hydroxylation sites is 1. The van der Waals surface area contributed by atoms with Crippen molar-refractivity contribution >= 4 is 17.5 Å². The standard InChI is InChI=1S/C30H47N3O4/c1-21-17-33(22(2)20-34)30(36)25-15-10-16-26(31-29(35)24-13-8-5-9-14-24)28(25)37-27(21)19-32(3)18-23-11-6-4-7-12-23/h10,15-16,21-24,27,34H,4-9,11-14,17-20H2,1-3H3,(H,31,35)/t21-,22+,27-/m0/s1. The Morgan fingerprint density at radius 3 is 2.46 bits per heavy atom. The second-order valence-corrected chi connectivity index (χ2v) is 11.9. The average molecular weight is 514 g/mol. The molecule has 7 heteroatoms. The zero-order chi connectivity index (χ0) is 26.4. The van der Waals surface area contributed by atoms with Crippen LogP contribution in [0.2, 0.25) is 0 Å². The molecule has 0 radical (unpaired) electrons. The molecule has 1 heterocycles. The molecule has 37 heavy (non-hydrogen) atoms. The third-order valence-corrected chi connectivity index (χ3v) is 8.71. The van der Waals surface area contributed by atoms with Crippen LogP contribution in [-0.4, -0.2) is 72.2 Å². The van der Waals surface area contributed by atoms with Crippen molar-refractivity contribution in [1.82, 2.24) is 9.80 Å². The second kappa shape index (κ2) is 13.1. The average Bonchev–Trinajstić information content (AvgIpc) is 2.91. The van der Waals surface area contributed by atoms with Gasteiger partial charge < -0.3 is 25.0 Å². The first-order valence-electron chi connectivity index (χ1n) is 14.6. The Hall–Kier alpha value is -2.12. The number of benzene rings is 1. The molecule has 2 aliphatic carbocycles. The topological polar surface area (TPSA) is 82.1 Å². The molecule has 2 amide bonds. The minimum absolute atomic E-state index is 0.0103. The van der Waals surface area contributed by atoms with Crippen LogP contribution in [0.25, 0.3) is 0 Å². The number of nitrogens with zero attached hydrogens (tertiary/aromatic N) is 2. The summed E-state index contributed by atoms with van der Waals surface area (Å²) in [6.45, 7) is 6.22. The predicted octanol–water partition coefficient (Wildman–Crippen LogP) is 4.94. The van der Waals surface area contributed by atoms with E-state index in [1.807, 2.05) is 19.1 Å². The smallest absolute Gasteiger partial charge is 0.258 e. The van der Waals surface area contributed by atoms with Gasteiger partial charge in [0.1, 0.15) is 6.10 Å². The van der Waals surface area contributed by atoms with Gasteiger partial charge >= 0.3 is 0 Å². The molecule has 0 bridgehead atoms. The van der Waals surface area contributed by atoms with E-state index in [-0.39, 0.29) is 42.4 Å². The highest BCUT2D eigenvalue weighted by Crippen LogP contribution is 2.36. The number of ether oxygens (including phenoxy) is 1. The summed E-state index contributed by atoms with van der Waals surface area (Å²) in [5.74, 6) is 1.12. The second-order valence-electron chi connectivity index (χ2n) is 11.9. The fourth-order valence-electron chi connectivity index (χ4n) is 6.35. The zero-order valence-corrected chi connectivity index (χ0v) is 23.1. The number of anilines is 1. The summed E-state index contributed by atoms with van der Waals surface area (Å²) in [4.78, 5) is 31.0. The molecule has 2 saturated carbocycles. The molecule has 0 spiro atoms. The quantitative estimate of drug-likeness (QED) is 0.515. The predicted molar refractivity (Wildman–Crippen MR) is 147 cm³/mol. The van der Waals surface area contributed by atoms with E-state index in [1.54, 1.807) is 11.0 Å². The summed E-state index contributed by atoms with van der Waals surface area (Å²) in [7, 11) is 2.17. The van der Waals surface area contributed by atoms with Crippen molar-refractivity contribution in [2.45, 2.75) is 90.2 Å². The summed E-state index contributed by atoms with van der Waals surface area (Å²) in [6, 6.07) is 5.14. The first-order valence-corrected chi connectivity index (χ1v) is 14.6. The maximum atomic E-state index is 13.7. The van der Waals surface area contributed by atoms with Gasteiger partial charge in [-0.2, -0.15) is 0 Å². The molecule has 2 N–H and O–H groups in total. The number of aliphatic hydroxyl groups is 1. The molecular formula is C30H47N3O4. The van der Waals surface area contributed by atoms with E-state index in [9.17, 15) is 14.7 Å².